The number of aryl methyl sites for hydroxylation is 2. The highest BCUT2D eigenvalue weighted by Gasteiger charge is 2.34. The van der Waals surface area contributed by atoms with Gasteiger partial charge in [0, 0.05) is 21.6 Å². The van der Waals surface area contributed by atoms with Gasteiger partial charge in [-0.3, -0.25) is 4.79 Å². The van der Waals surface area contributed by atoms with E-state index in [1.54, 1.807) is 16.8 Å². The number of ether oxygens (including phenoxy) is 1. The second-order valence-electron chi connectivity index (χ2n) is 10.9. The molecule has 1 aliphatic heterocycles. The van der Waals surface area contributed by atoms with Crippen LogP contribution >= 0.6 is 27.7 Å². The van der Waals surface area contributed by atoms with Crippen LogP contribution in [0.15, 0.2) is 112 Å². The zero-order valence-electron chi connectivity index (χ0n) is 25.0. The monoisotopic (exact) mass is 683 g/mol. The van der Waals surface area contributed by atoms with Crippen LogP contribution in [-0.2, 0) is 17.2 Å². The van der Waals surface area contributed by atoms with Gasteiger partial charge in [0.2, 0.25) is 11.1 Å². The van der Waals surface area contributed by atoms with Crippen molar-refractivity contribution in [3.63, 3.8) is 0 Å². The lowest BCUT2D eigenvalue weighted by Gasteiger charge is -2.29. The summed E-state index contributed by atoms with van der Waals surface area (Å²) in [6, 6.07) is 27.7. The van der Waals surface area contributed by atoms with E-state index < -0.39 is 6.04 Å². The zero-order chi connectivity index (χ0) is 31.5. The lowest BCUT2D eigenvalue weighted by molar-refractivity contribution is -0.113. The van der Waals surface area contributed by atoms with E-state index in [1.807, 2.05) is 93.6 Å². The van der Waals surface area contributed by atoms with Gasteiger partial charge >= 0.3 is 0 Å². The fourth-order valence-electron chi connectivity index (χ4n) is 5.19. The van der Waals surface area contributed by atoms with E-state index in [9.17, 15) is 9.18 Å². The Kier molecular flexibility index (Phi) is 9.04. The van der Waals surface area contributed by atoms with Crippen molar-refractivity contribution in [2.24, 2.45) is 0 Å². The Balaban J connectivity index is 1.30. The summed E-state index contributed by atoms with van der Waals surface area (Å²) in [5.41, 5.74) is 6.49. The molecule has 228 valence electrons. The molecule has 0 saturated heterocycles. The summed E-state index contributed by atoms with van der Waals surface area (Å²) in [6.45, 7) is 6.29. The Morgan fingerprint density at radius 2 is 1.78 bits per heavy atom. The van der Waals surface area contributed by atoms with Crippen LogP contribution in [0, 0.1) is 19.7 Å². The molecule has 0 bridgehead atoms. The Morgan fingerprint density at radius 3 is 2.51 bits per heavy atom. The van der Waals surface area contributed by atoms with Gasteiger partial charge in [-0.15, -0.1) is 5.10 Å². The Labute approximate surface area is 274 Å². The Bertz CT molecular complexity index is 1890. The number of nitrogens with one attached hydrogen (secondary N) is 2. The van der Waals surface area contributed by atoms with Crippen LogP contribution in [0.3, 0.4) is 0 Å². The maximum Gasteiger partial charge on any atom is 0.255 e. The SMILES string of the molecule is CC1=C(C(=O)Nc2ccc(C)cc2C)C(c2ccc(OCc3ccc(Br)cc3)cc2)n2nc(SCc3ccccc3F)nc2N1. The number of nitrogens with zero attached hydrogens (tertiary/aromatic N) is 3. The number of aromatic nitrogens is 3. The molecule has 1 amide bonds. The number of benzene rings is 4. The van der Waals surface area contributed by atoms with Gasteiger partial charge in [0.15, 0.2) is 0 Å². The molecule has 0 saturated carbocycles. The number of anilines is 2. The molecule has 0 radical (unpaired) electrons. The molecule has 4 aromatic carbocycles. The number of thioether (sulfide) groups is 1. The third-order valence-corrected chi connectivity index (χ3v) is 8.95. The molecule has 5 aromatic rings. The quantitative estimate of drug-likeness (QED) is 0.152. The fraction of sp³-hybridized carbons (Fsp3) is 0.171. The van der Waals surface area contributed by atoms with Gasteiger partial charge in [-0.05, 0) is 79.4 Å². The molecule has 2 heterocycles. The summed E-state index contributed by atoms with van der Waals surface area (Å²) < 4.78 is 23.1. The first-order chi connectivity index (χ1) is 21.7. The predicted octanol–water partition coefficient (Wildman–Crippen LogP) is 8.60. The van der Waals surface area contributed by atoms with E-state index in [1.165, 1.54) is 17.8 Å². The van der Waals surface area contributed by atoms with Gasteiger partial charge in [-0.1, -0.05) is 87.9 Å². The maximum atomic E-state index is 14.3. The van der Waals surface area contributed by atoms with Gasteiger partial charge < -0.3 is 15.4 Å². The number of hydrogen-bond acceptors (Lipinski definition) is 6. The van der Waals surface area contributed by atoms with Crippen LogP contribution in [0.5, 0.6) is 5.75 Å². The van der Waals surface area contributed by atoms with E-state index in [4.69, 9.17) is 14.8 Å². The number of carbonyl (C=O) groups excluding carboxylic acids is 1. The molecular formula is C35H31BrFN5O2S. The smallest absolute Gasteiger partial charge is 0.255 e. The van der Waals surface area contributed by atoms with Crippen molar-refractivity contribution >= 4 is 45.2 Å². The number of allylic oxidation sites excluding steroid dienone is 1. The molecule has 0 aliphatic carbocycles. The van der Waals surface area contributed by atoms with Crippen LogP contribution < -0.4 is 15.4 Å². The number of amides is 1. The van der Waals surface area contributed by atoms with Crippen molar-refractivity contribution < 1.29 is 13.9 Å². The van der Waals surface area contributed by atoms with Gasteiger partial charge in [0.05, 0.1) is 5.57 Å². The van der Waals surface area contributed by atoms with Crippen LogP contribution in [-0.4, -0.2) is 20.7 Å². The summed E-state index contributed by atoms with van der Waals surface area (Å²) in [4.78, 5) is 18.7. The first kappa shape index (κ1) is 30.6. The average Bonchev–Trinajstić information content (AvgIpc) is 3.43. The van der Waals surface area contributed by atoms with Crippen molar-refractivity contribution in [2.75, 3.05) is 10.6 Å². The molecule has 7 nitrogen and oxygen atoms in total. The van der Waals surface area contributed by atoms with Gasteiger partial charge in [0.1, 0.15) is 24.2 Å². The van der Waals surface area contributed by atoms with Crippen molar-refractivity contribution in [3.8, 4) is 5.75 Å². The lowest BCUT2D eigenvalue weighted by atomic mass is 9.94. The molecule has 2 N–H and O–H groups in total. The third kappa shape index (κ3) is 6.97. The average molecular weight is 685 g/mol. The molecule has 10 heteroatoms. The van der Waals surface area contributed by atoms with Crippen LogP contribution in [0.2, 0.25) is 0 Å². The molecular weight excluding hydrogens is 653 g/mol. The summed E-state index contributed by atoms with van der Waals surface area (Å²) in [6.07, 6.45) is 0. The van der Waals surface area contributed by atoms with Crippen molar-refractivity contribution in [1.82, 2.24) is 14.8 Å². The number of rotatable bonds is 9. The number of fused-ring (bicyclic) bond motifs is 1. The summed E-state index contributed by atoms with van der Waals surface area (Å²) >= 11 is 4.80. The van der Waals surface area contributed by atoms with Crippen molar-refractivity contribution in [2.45, 2.75) is 44.3 Å². The normalized spacial score (nSPS) is 14.1. The number of carbonyl (C=O) groups is 1. The third-order valence-electron chi connectivity index (χ3n) is 7.54. The minimum atomic E-state index is -0.567. The summed E-state index contributed by atoms with van der Waals surface area (Å²) in [7, 11) is 0. The second kappa shape index (κ2) is 13.3. The lowest BCUT2D eigenvalue weighted by Crippen LogP contribution is -2.31. The summed E-state index contributed by atoms with van der Waals surface area (Å²) in [5.74, 6) is 1.08. The van der Waals surface area contributed by atoms with E-state index >= 15 is 0 Å². The fourth-order valence-corrected chi connectivity index (χ4v) is 6.27. The van der Waals surface area contributed by atoms with Crippen molar-refractivity contribution in [3.05, 3.63) is 140 Å². The van der Waals surface area contributed by atoms with E-state index in [-0.39, 0.29) is 11.7 Å². The largest absolute Gasteiger partial charge is 0.489 e. The molecule has 1 atom stereocenters. The van der Waals surface area contributed by atoms with Gasteiger partial charge in [0.25, 0.3) is 5.91 Å². The van der Waals surface area contributed by atoms with E-state index in [0.717, 1.165) is 32.4 Å². The highest BCUT2D eigenvalue weighted by molar-refractivity contribution is 9.10. The molecule has 1 unspecified atom stereocenters. The first-order valence-electron chi connectivity index (χ1n) is 14.4. The Hall–Kier alpha value is -4.41. The molecule has 0 fully saturated rings. The van der Waals surface area contributed by atoms with Crippen LogP contribution in [0.1, 0.15) is 40.8 Å². The molecule has 45 heavy (non-hydrogen) atoms. The zero-order valence-corrected chi connectivity index (χ0v) is 27.4. The Morgan fingerprint density at radius 1 is 1.02 bits per heavy atom. The molecule has 1 aromatic heterocycles. The predicted molar refractivity (Wildman–Crippen MR) is 180 cm³/mol. The van der Waals surface area contributed by atoms with E-state index in [2.05, 4.69) is 26.6 Å². The topological polar surface area (TPSA) is 81.1 Å². The van der Waals surface area contributed by atoms with Gasteiger partial charge in [-0.25, -0.2) is 9.07 Å². The van der Waals surface area contributed by atoms with Crippen LogP contribution in [0.25, 0.3) is 0 Å². The molecule has 6 rings (SSSR count). The highest BCUT2D eigenvalue weighted by Crippen LogP contribution is 2.38. The minimum Gasteiger partial charge on any atom is -0.489 e. The minimum absolute atomic E-state index is 0.241. The standard InChI is InChI=1S/C35H31BrFN5O2S/c1-21-8-17-30(22(2)18-21)39-33(43)31-23(3)38-34-40-35(45-20-26-6-4-5-7-29(26)37)41-42(34)32(31)25-11-15-28(16-12-25)44-19-24-9-13-27(36)14-10-24/h4-18,32H,19-20H2,1-3H3,(H,39,43)(H,38,40,41). The maximum absolute atomic E-state index is 14.3. The van der Waals surface area contributed by atoms with Crippen molar-refractivity contribution in [1.29, 1.82) is 0 Å². The number of halogens is 2. The summed E-state index contributed by atoms with van der Waals surface area (Å²) in [5, 5.41) is 11.7. The van der Waals surface area contributed by atoms with Crippen LogP contribution in [0.4, 0.5) is 16.0 Å². The molecule has 0 spiro atoms. The number of hydrogen-bond donors (Lipinski definition) is 2. The first-order valence-corrected chi connectivity index (χ1v) is 16.2. The van der Waals surface area contributed by atoms with E-state index in [0.29, 0.717) is 46.0 Å². The van der Waals surface area contributed by atoms with Gasteiger partial charge in [-0.2, -0.15) is 4.98 Å². The second-order valence-corrected chi connectivity index (χ2v) is 12.7. The molecule has 1 aliphatic rings. The highest BCUT2D eigenvalue weighted by atomic mass is 79.9.